The van der Waals surface area contributed by atoms with E-state index in [-0.39, 0.29) is 30.9 Å². The second-order valence-corrected chi connectivity index (χ2v) is 7.71. The Kier molecular flexibility index (Phi) is 7.36. The highest BCUT2D eigenvalue weighted by atomic mass is 32.1. The van der Waals surface area contributed by atoms with E-state index >= 15 is 0 Å². The summed E-state index contributed by atoms with van der Waals surface area (Å²) < 4.78 is 10.9. The van der Waals surface area contributed by atoms with Crippen molar-refractivity contribution in [1.82, 2.24) is 15.2 Å². The number of amides is 2. The number of nitrogens with one attached hydrogen (secondary N) is 1. The number of thiazole rings is 1. The normalized spacial score (nSPS) is 20.7. The van der Waals surface area contributed by atoms with E-state index in [2.05, 4.69) is 10.3 Å². The number of benzene rings is 1. The molecule has 30 heavy (non-hydrogen) atoms. The fraction of sp³-hybridized carbons (Fsp3) is 0.400. The van der Waals surface area contributed by atoms with Crippen molar-refractivity contribution in [2.75, 3.05) is 13.7 Å². The van der Waals surface area contributed by atoms with E-state index in [1.165, 1.54) is 11.3 Å². The molecule has 4 rings (SSSR count). The number of morpholine rings is 1. The zero-order chi connectivity index (χ0) is 21.5. The van der Waals surface area contributed by atoms with E-state index in [0.29, 0.717) is 6.54 Å². The van der Waals surface area contributed by atoms with Gasteiger partial charge in [-0.15, -0.1) is 11.3 Å². The minimum Gasteiger partial charge on any atom is -0.497 e. The van der Waals surface area contributed by atoms with Crippen LogP contribution < -0.4 is 10.1 Å². The summed E-state index contributed by atoms with van der Waals surface area (Å²) in [6.45, 7) is 0.0293. The zero-order valence-electron chi connectivity index (χ0n) is 16.4. The Hall–Kier alpha value is -2.98. The van der Waals surface area contributed by atoms with Gasteiger partial charge < -0.3 is 24.8 Å². The molecule has 1 aromatic carbocycles. The van der Waals surface area contributed by atoms with Gasteiger partial charge in [0.2, 0.25) is 5.91 Å². The van der Waals surface area contributed by atoms with E-state index in [1.807, 2.05) is 34.5 Å². The lowest BCUT2D eigenvalue weighted by molar-refractivity contribution is -0.165. The van der Waals surface area contributed by atoms with Crippen LogP contribution in [0.5, 0.6) is 5.75 Å². The van der Waals surface area contributed by atoms with Crippen molar-refractivity contribution < 1.29 is 29.0 Å². The molecule has 160 valence electrons. The summed E-state index contributed by atoms with van der Waals surface area (Å²) in [5.41, 5.74) is 0.866. The van der Waals surface area contributed by atoms with Gasteiger partial charge in [0.25, 0.3) is 12.4 Å². The van der Waals surface area contributed by atoms with Crippen LogP contribution in [0.1, 0.15) is 29.5 Å². The molecule has 9 nitrogen and oxygen atoms in total. The number of carboxylic acid groups (broad SMARTS) is 1. The first-order valence-corrected chi connectivity index (χ1v) is 10.3. The number of rotatable bonds is 6. The Morgan fingerprint density at radius 2 is 2.10 bits per heavy atom. The third-order valence-electron chi connectivity index (χ3n) is 4.81. The smallest absolute Gasteiger partial charge is 0.290 e. The highest BCUT2D eigenvalue weighted by Crippen LogP contribution is 2.39. The second-order valence-electron chi connectivity index (χ2n) is 6.73. The average molecular weight is 433 g/mol. The second kappa shape index (κ2) is 10.2. The molecule has 10 heteroatoms. The van der Waals surface area contributed by atoms with Gasteiger partial charge in [-0.3, -0.25) is 14.4 Å². The summed E-state index contributed by atoms with van der Waals surface area (Å²) in [5.74, 6) is 0.427. The van der Waals surface area contributed by atoms with Crippen LogP contribution in [0.2, 0.25) is 0 Å². The summed E-state index contributed by atoms with van der Waals surface area (Å²) in [4.78, 5) is 39.8. The maximum atomic E-state index is 12.9. The Balaban J connectivity index is 0.000000806. The van der Waals surface area contributed by atoms with Gasteiger partial charge in [-0.05, 0) is 30.5 Å². The molecule has 2 aromatic rings. The highest BCUT2D eigenvalue weighted by Gasteiger charge is 2.47. The van der Waals surface area contributed by atoms with E-state index in [9.17, 15) is 9.59 Å². The summed E-state index contributed by atoms with van der Waals surface area (Å²) in [7, 11) is 1.60. The van der Waals surface area contributed by atoms with Crippen molar-refractivity contribution in [2.45, 2.75) is 37.6 Å². The SMILES string of the molecule is COc1ccc([C@@H]2[C@@H](C(=O)NCc3nccs3)OCC(=O)N2C2CC2)cc1.O=CO. The summed E-state index contributed by atoms with van der Waals surface area (Å²) >= 11 is 1.48. The number of ether oxygens (including phenoxy) is 2. The van der Waals surface area contributed by atoms with Crippen molar-refractivity contribution in [2.24, 2.45) is 0 Å². The molecule has 1 aliphatic carbocycles. The minimum absolute atomic E-state index is 0.0673. The molecule has 1 saturated heterocycles. The summed E-state index contributed by atoms with van der Waals surface area (Å²) in [6.07, 6.45) is 2.88. The van der Waals surface area contributed by atoms with Gasteiger partial charge in [-0.1, -0.05) is 12.1 Å². The van der Waals surface area contributed by atoms with Crippen LogP contribution in [-0.2, 0) is 25.7 Å². The number of carbonyl (C=O) groups excluding carboxylic acids is 2. The van der Waals surface area contributed by atoms with Crippen LogP contribution in [0.25, 0.3) is 0 Å². The van der Waals surface area contributed by atoms with Crippen LogP contribution in [0.4, 0.5) is 0 Å². The maximum absolute atomic E-state index is 12.9. The molecular formula is C20H23N3O6S. The molecule has 1 saturated carbocycles. The Morgan fingerprint density at radius 1 is 1.40 bits per heavy atom. The Morgan fingerprint density at radius 3 is 2.67 bits per heavy atom. The summed E-state index contributed by atoms with van der Waals surface area (Å²) in [5, 5.41) is 12.5. The van der Waals surface area contributed by atoms with E-state index in [4.69, 9.17) is 19.4 Å². The predicted octanol–water partition coefficient (Wildman–Crippen LogP) is 1.60. The average Bonchev–Trinajstić information content (AvgIpc) is 3.46. The van der Waals surface area contributed by atoms with Gasteiger partial charge in [-0.2, -0.15) is 0 Å². The molecule has 2 atom stereocenters. The molecule has 1 aliphatic heterocycles. The molecule has 0 spiro atoms. The largest absolute Gasteiger partial charge is 0.497 e. The van der Waals surface area contributed by atoms with E-state index < -0.39 is 12.1 Å². The van der Waals surface area contributed by atoms with Crippen LogP contribution in [-0.4, -0.2) is 59.1 Å². The number of methoxy groups -OCH3 is 1. The van der Waals surface area contributed by atoms with Crippen molar-refractivity contribution in [3.8, 4) is 5.75 Å². The number of hydrogen-bond acceptors (Lipinski definition) is 7. The van der Waals surface area contributed by atoms with Crippen molar-refractivity contribution in [3.63, 3.8) is 0 Å². The number of carbonyl (C=O) groups is 3. The molecule has 2 N–H and O–H groups in total. The maximum Gasteiger partial charge on any atom is 0.290 e. The van der Waals surface area contributed by atoms with Crippen LogP contribution in [0, 0.1) is 0 Å². The third-order valence-corrected chi connectivity index (χ3v) is 5.59. The lowest BCUT2D eigenvalue weighted by atomic mass is 9.96. The first kappa shape index (κ1) is 21.7. The number of hydrogen-bond donors (Lipinski definition) is 2. The standard InChI is InChI=1S/C19H21N3O4S.CH2O2/c1-25-14-6-2-12(3-7-14)17-18(19(24)21-10-15-20-8-9-27-15)26-11-16(23)22(17)13-4-5-13;2-1-3/h2-3,6-9,13,17-18H,4-5,10-11H2,1H3,(H,21,24);1H,(H,2,3)/t17-,18+;/m1./s1. The molecule has 2 aliphatic rings. The van der Waals surface area contributed by atoms with Crippen LogP contribution in [0.3, 0.4) is 0 Å². The first-order valence-electron chi connectivity index (χ1n) is 9.39. The van der Waals surface area contributed by atoms with Crippen molar-refractivity contribution in [3.05, 3.63) is 46.4 Å². The van der Waals surface area contributed by atoms with E-state index in [0.717, 1.165) is 29.2 Å². The monoisotopic (exact) mass is 433 g/mol. The van der Waals surface area contributed by atoms with Crippen molar-refractivity contribution in [1.29, 1.82) is 0 Å². The molecule has 1 aromatic heterocycles. The van der Waals surface area contributed by atoms with Gasteiger partial charge in [0, 0.05) is 17.6 Å². The van der Waals surface area contributed by atoms with Gasteiger partial charge in [-0.25, -0.2) is 4.98 Å². The fourth-order valence-corrected chi connectivity index (χ4v) is 3.93. The fourth-order valence-electron chi connectivity index (χ4n) is 3.37. The molecule has 2 heterocycles. The molecule has 2 amide bonds. The lowest BCUT2D eigenvalue weighted by Gasteiger charge is -2.40. The zero-order valence-corrected chi connectivity index (χ0v) is 17.2. The Bertz CT molecular complexity index is 854. The van der Waals surface area contributed by atoms with Crippen molar-refractivity contribution >= 4 is 29.6 Å². The summed E-state index contributed by atoms with van der Waals surface area (Å²) in [6, 6.07) is 7.20. The van der Waals surface area contributed by atoms with Crippen LogP contribution >= 0.6 is 11.3 Å². The lowest BCUT2D eigenvalue weighted by Crippen LogP contribution is -2.55. The first-order chi connectivity index (χ1) is 14.6. The number of nitrogens with zero attached hydrogens (tertiary/aromatic N) is 2. The third kappa shape index (κ3) is 5.14. The van der Waals surface area contributed by atoms with Gasteiger partial charge in [0.05, 0.1) is 19.7 Å². The quantitative estimate of drug-likeness (QED) is 0.664. The topological polar surface area (TPSA) is 118 Å². The molecule has 0 bridgehead atoms. The van der Waals surface area contributed by atoms with Gasteiger partial charge >= 0.3 is 0 Å². The number of aromatic nitrogens is 1. The Labute approximate surface area is 177 Å². The van der Waals surface area contributed by atoms with E-state index in [1.54, 1.807) is 13.3 Å². The van der Waals surface area contributed by atoms with Crippen LogP contribution in [0.15, 0.2) is 35.8 Å². The minimum atomic E-state index is -0.753. The molecule has 0 unspecified atom stereocenters. The highest BCUT2D eigenvalue weighted by molar-refractivity contribution is 7.09. The predicted molar refractivity (Wildman–Crippen MR) is 108 cm³/mol. The van der Waals surface area contributed by atoms with Gasteiger partial charge in [0.15, 0.2) is 6.10 Å². The molecular weight excluding hydrogens is 410 g/mol. The van der Waals surface area contributed by atoms with Gasteiger partial charge in [0.1, 0.15) is 17.4 Å². The molecule has 2 fully saturated rings. The molecule has 0 radical (unpaired) electrons.